The average Bonchev–Trinajstić information content (AvgIpc) is 2.07. The molecule has 2 heteroatoms. The van der Waals surface area contributed by atoms with Crippen molar-refractivity contribution in [1.82, 2.24) is 0 Å². The SMILES string of the molecule is CC(=O)c1ccccc1.CCN. The molecule has 2 nitrogen and oxygen atoms in total. The van der Waals surface area contributed by atoms with Gasteiger partial charge in [0.1, 0.15) is 0 Å². The van der Waals surface area contributed by atoms with Crippen molar-refractivity contribution >= 4 is 5.78 Å². The smallest absolute Gasteiger partial charge is 0.159 e. The molecule has 0 radical (unpaired) electrons. The summed E-state index contributed by atoms with van der Waals surface area (Å²) in [7, 11) is 0. The van der Waals surface area contributed by atoms with Crippen LogP contribution >= 0.6 is 0 Å². The summed E-state index contributed by atoms with van der Waals surface area (Å²) in [6.07, 6.45) is 0. The minimum absolute atomic E-state index is 0.121. The fourth-order valence-electron chi connectivity index (χ4n) is 0.673. The van der Waals surface area contributed by atoms with E-state index < -0.39 is 0 Å². The molecule has 0 aliphatic carbocycles. The Labute approximate surface area is 73.4 Å². The molecule has 0 bridgehead atoms. The van der Waals surface area contributed by atoms with E-state index in [4.69, 9.17) is 5.73 Å². The molecule has 0 aliphatic rings. The van der Waals surface area contributed by atoms with E-state index in [0.717, 1.165) is 12.1 Å². The third kappa shape index (κ3) is 4.63. The maximum absolute atomic E-state index is 10.6. The van der Waals surface area contributed by atoms with E-state index in [1.165, 1.54) is 0 Å². The van der Waals surface area contributed by atoms with Crippen molar-refractivity contribution in [3.63, 3.8) is 0 Å². The molecule has 0 amide bonds. The topological polar surface area (TPSA) is 43.1 Å². The number of carbonyl (C=O) groups is 1. The van der Waals surface area contributed by atoms with Crippen LogP contribution in [0.5, 0.6) is 0 Å². The van der Waals surface area contributed by atoms with E-state index in [0.29, 0.717) is 0 Å². The van der Waals surface area contributed by atoms with Crippen LogP contribution in [0, 0.1) is 0 Å². The van der Waals surface area contributed by atoms with Gasteiger partial charge in [-0.3, -0.25) is 4.79 Å². The molecular formula is C10H15NO. The highest BCUT2D eigenvalue weighted by Gasteiger charge is 1.92. The van der Waals surface area contributed by atoms with Gasteiger partial charge in [0.25, 0.3) is 0 Å². The molecule has 1 aromatic carbocycles. The van der Waals surface area contributed by atoms with Gasteiger partial charge in [0.15, 0.2) is 5.78 Å². The van der Waals surface area contributed by atoms with Crippen molar-refractivity contribution in [3.05, 3.63) is 35.9 Å². The van der Waals surface area contributed by atoms with Crippen molar-refractivity contribution in [2.75, 3.05) is 6.54 Å². The number of Topliss-reactive ketones (excluding diaryl/α,β-unsaturated/α-hetero) is 1. The van der Waals surface area contributed by atoms with Crippen LogP contribution in [0.1, 0.15) is 24.2 Å². The summed E-state index contributed by atoms with van der Waals surface area (Å²) in [5.41, 5.74) is 5.62. The molecule has 0 fully saturated rings. The van der Waals surface area contributed by atoms with E-state index in [2.05, 4.69) is 0 Å². The second-order valence-electron chi connectivity index (χ2n) is 2.33. The molecule has 66 valence electrons. The first-order valence-corrected chi connectivity index (χ1v) is 3.98. The highest BCUT2D eigenvalue weighted by molar-refractivity contribution is 5.93. The Kier molecular flexibility index (Phi) is 5.93. The largest absolute Gasteiger partial charge is 0.331 e. The Balaban J connectivity index is 0.000000354. The first-order valence-electron chi connectivity index (χ1n) is 3.98. The molecular weight excluding hydrogens is 150 g/mol. The summed E-state index contributed by atoms with van der Waals surface area (Å²) >= 11 is 0. The monoisotopic (exact) mass is 165 g/mol. The fraction of sp³-hybridized carbons (Fsp3) is 0.300. The minimum atomic E-state index is 0.121. The van der Waals surface area contributed by atoms with Crippen molar-refractivity contribution in [3.8, 4) is 0 Å². The summed E-state index contributed by atoms with van der Waals surface area (Å²) in [6, 6.07) is 9.23. The second kappa shape index (κ2) is 6.55. The standard InChI is InChI=1S/C8H8O.C2H7N/c1-7(9)8-5-3-2-4-6-8;1-2-3/h2-6H,1H3;2-3H2,1H3. The predicted molar refractivity (Wildman–Crippen MR) is 51.2 cm³/mol. The third-order valence-corrected chi connectivity index (χ3v) is 1.18. The maximum atomic E-state index is 10.6. The Bertz CT molecular complexity index is 219. The fourth-order valence-corrected chi connectivity index (χ4v) is 0.673. The summed E-state index contributed by atoms with van der Waals surface area (Å²) in [5, 5.41) is 0. The molecule has 0 aromatic heterocycles. The number of ketones is 1. The van der Waals surface area contributed by atoms with E-state index in [1.54, 1.807) is 6.92 Å². The van der Waals surface area contributed by atoms with Gasteiger partial charge in [-0.1, -0.05) is 37.3 Å². The zero-order valence-electron chi connectivity index (χ0n) is 7.58. The van der Waals surface area contributed by atoms with Gasteiger partial charge in [-0.15, -0.1) is 0 Å². The summed E-state index contributed by atoms with van der Waals surface area (Å²) < 4.78 is 0. The van der Waals surface area contributed by atoms with Gasteiger partial charge in [-0.2, -0.15) is 0 Å². The Morgan fingerprint density at radius 2 is 1.75 bits per heavy atom. The molecule has 0 aliphatic heterocycles. The van der Waals surface area contributed by atoms with Gasteiger partial charge in [0.05, 0.1) is 0 Å². The number of nitrogens with two attached hydrogens (primary N) is 1. The molecule has 0 heterocycles. The quantitative estimate of drug-likeness (QED) is 0.645. The molecule has 0 saturated heterocycles. The first kappa shape index (κ1) is 10.8. The normalized spacial score (nSPS) is 8.25. The van der Waals surface area contributed by atoms with Crippen LogP contribution in [0.15, 0.2) is 30.3 Å². The van der Waals surface area contributed by atoms with Crippen LogP contribution in [0.2, 0.25) is 0 Å². The van der Waals surface area contributed by atoms with Gasteiger partial charge < -0.3 is 5.73 Å². The van der Waals surface area contributed by atoms with E-state index in [-0.39, 0.29) is 5.78 Å². The molecule has 1 aromatic rings. The van der Waals surface area contributed by atoms with Crippen molar-refractivity contribution in [2.45, 2.75) is 13.8 Å². The van der Waals surface area contributed by atoms with Crippen LogP contribution in [0.3, 0.4) is 0 Å². The lowest BCUT2D eigenvalue weighted by atomic mass is 10.2. The van der Waals surface area contributed by atoms with Crippen molar-refractivity contribution in [1.29, 1.82) is 0 Å². The van der Waals surface area contributed by atoms with Gasteiger partial charge in [-0.25, -0.2) is 0 Å². The highest BCUT2D eigenvalue weighted by Crippen LogP contribution is 1.97. The average molecular weight is 165 g/mol. The number of hydrogen-bond donors (Lipinski definition) is 1. The first-order chi connectivity index (χ1) is 5.72. The van der Waals surface area contributed by atoms with Crippen LogP contribution in [0.4, 0.5) is 0 Å². The summed E-state index contributed by atoms with van der Waals surface area (Å²) in [4.78, 5) is 10.6. The van der Waals surface area contributed by atoms with Gasteiger partial charge >= 0.3 is 0 Å². The van der Waals surface area contributed by atoms with E-state index in [1.807, 2.05) is 37.3 Å². The molecule has 0 spiro atoms. The highest BCUT2D eigenvalue weighted by atomic mass is 16.1. The molecule has 12 heavy (non-hydrogen) atoms. The van der Waals surface area contributed by atoms with E-state index >= 15 is 0 Å². The van der Waals surface area contributed by atoms with Gasteiger partial charge in [-0.05, 0) is 13.5 Å². The molecule has 1 rings (SSSR count). The van der Waals surface area contributed by atoms with Gasteiger partial charge in [0, 0.05) is 5.56 Å². The van der Waals surface area contributed by atoms with E-state index in [9.17, 15) is 4.79 Å². The molecule has 2 N–H and O–H groups in total. The second-order valence-corrected chi connectivity index (χ2v) is 2.33. The van der Waals surface area contributed by atoms with Gasteiger partial charge in [0.2, 0.25) is 0 Å². The van der Waals surface area contributed by atoms with Crippen LogP contribution in [-0.4, -0.2) is 12.3 Å². The summed E-state index contributed by atoms with van der Waals surface area (Å²) in [6.45, 7) is 4.22. The van der Waals surface area contributed by atoms with Crippen LogP contribution in [0.25, 0.3) is 0 Å². The van der Waals surface area contributed by atoms with Crippen LogP contribution in [-0.2, 0) is 0 Å². The number of rotatable bonds is 1. The lowest BCUT2D eigenvalue weighted by molar-refractivity contribution is 0.101. The number of carbonyl (C=O) groups excluding carboxylic acids is 1. The van der Waals surface area contributed by atoms with Crippen molar-refractivity contribution in [2.24, 2.45) is 5.73 Å². The predicted octanol–water partition coefficient (Wildman–Crippen LogP) is 1.85. The molecule has 0 atom stereocenters. The summed E-state index contributed by atoms with van der Waals surface area (Å²) in [5.74, 6) is 0.121. The number of hydrogen-bond acceptors (Lipinski definition) is 2. The van der Waals surface area contributed by atoms with Crippen LogP contribution < -0.4 is 5.73 Å². The zero-order valence-corrected chi connectivity index (χ0v) is 7.58. The Hall–Kier alpha value is -1.15. The molecule has 0 saturated carbocycles. The zero-order chi connectivity index (χ0) is 9.40. The minimum Gasteiger partial charge on any atom is -0.331 e. The van der Waals surface area contributed by atoms with Crippen molar-refractivity contribution < 1.29 is 4.79 Å². The lowest BCUT2D eigenvalue weighted by Gasteiger charge is -1.89. The Morgan fingerprint density at radius 3 is 2.00 bits per heavy atom. The maximum Gasteiger partial charge on any atom is 0.159 e. The molecule has 0 unspecified atom stereocenters. The lowest BCUT2D eigenvalue weighted by Crippen LogP contribution is -1.88. The number of benzene rings is 1. The third-order valence-electron chi connectivity index (χ3n) is 1.18. The Morgan fingerprint density at radius 1 is 1.33 bits per heavy atom.